The molecule has 0 fully saturated rings. The largest absolute Gasteiger partial charge is 0.310 e. The Kier molecular flexibility index (Phi) is 5.62. The average molecular weight is 289 g/mol. The van der Waals surface area contributed by atoms with Gasteiger partial charge < -0.3 is 5.32 Å². The first kappa shape index (κ1) is 15.1. The minimum absolute atomic E-state index is 0.194. The van der Waals surface area contributed by atoms with E-state index in [9.17, 15) is 4.39 Å². The minimum Gasteiger partial charge on any atom is -0.310 e. The number of hydrogen-bond acceptors (Lipinski definition) is 2. The van der Waals surface area contributed by atoms with E-state index in [4.69, 9.17) is 0 Å². The van der Waals surface area contributed by atoms with Crippen LogP contribution in [0.3, 0.4) is 0 Å². The van der Waals surface area contributed by atoms with E-state index in [2.05, 4.69) is 37.4 Å². The van der Waals surface area contributed by atoms with Crippen molar-refractivity contribution in [3.05, 3.63) is 59.9 Å². The summed E-state index contributed by atoms with van der Waals surface area (Å²) in [6.45, 7) is 5.36. The first-order valence-electron chi connectivity index (χ1n) is 6.96. The molecule has 0 bridgehead atoms. The second-order valence-corrected chi connectivity index (χ2v) is 5.88. The van der Waals surface area contributed by atoms with Crippen LogP contribution in [0.4, 0.5) is 4.39 Å². The van der Waals surface area contributed by atoms with Gasteiger partial charge in [0.2, 0.25) is 0 Å². The van der Waals surface area contributed by atoms with Gasteiger partial charge in [-0.3, -0.25) is 0 Å². The number of nitrogens with one attached hydrogen (secondary N) is 1. The molecule has 1 unspecified atom stereocenters. The second kappa shape index (κ2) is 7.46. The molecule has 0 amide bonds. The van der Waals surface area contributed by atoms with Gasteiger partial charge in [0.1, 0.15) is 5.82 Å². The Morgan fingerprint density at radius 3 is 2.50 bits per heavy atom. The van der Waals surface area contributed by atoms with Gasteiger partial charge in [0.25, 0.3) is 0 Å². The summed E-state index contributed by atoms with van der Waals surface area (Å²) in [5.74, 6) is -0.194. The first-order valence-corrected chi connectivity index (χ1v) is 7.78. The predicted molar refractivity (Wildman–Crippen MR) is 83.7 cm³/mol. The fourth-order valence-electron chi connectivity index (χ4n) is 2.03. The predicted octanol–water partition coefficient (Wildman–Crippen LogP) is 5.04. The zero-order chi connectivity index (χ0) is 14.4. The molecule has 2 aromatic carbocycles. The van der Waals surface area contributed by atoms with Gasteiger partial charge in [-0.15, -0.1) is 0 Å². The van der Waals surface area contributed by atoms with E-state index in [-0.39, 0.29) is 5.82 Å². The number of benzene rings is 2. The monoisotopic (exact) mass is 289 g/mol. The molecule has 1 N–H and O–H groups in total. The van der Waals surface area contributed by atoms with Crippen LogP contribution in [-0.2, 0) is 0 Å². The topological polar surface area (TPSA) is 12.0 Å². The fourth-order valence-corrected chi connectivity index (χ4v) is 3.07. The fraction of sp³-hybridized carbons (Fsp3) is 0.294. The van der Waals surface area contributed by atoms with Crippen molar-refractivity contribution in [1.29, 1.82) is 0 Å². The van der Waals surface area contributed by atoms with E-state index in [0.717, 1.165) is 17.9 Å². The van der Waals surface area contributed by atoms with Crippen LogP contribution in [0.2, 0.25) is 0 Å². The Labute approximate surface area is 124 Å². The normalized spacial score (nSPS) is 12.3. The molecule has 0 saturated carbocycles. The van der Waals surface area contributed by atoms with Gasteiger partial charge in [-0.2, -0.15) is 0 Å². The molecule has 0 heterocycles. The second-order valence-electron chi connectivity index (χ2n) is 4.77. The van der Waals surface area contributed by atoms with Gasteiger partial charge in [-0.05, 0) is 55.8 Å². The van der Waals surface area contributed by atoms with Crippen LogP contribution in [0.1, 0.15) is 31.9 Å². The van der Waals surface area contributed by atoms with Crippen LogP contribution < -0.4 is 5.32 Å². The molecular formula is C17H20FNS. The van der Waals surface area contributed by atoms with E-state index >= 15 is 0 Å². The van der Waals surface area contributed by atoms with Crippen LogP contribution in [0.15, 0.2) is 58.3 Å². The van der Waals surface area contributed by atoms with E-state index in [0.29, 0.717) is 6.04 Å². The molecule has 2 rings (SSSR count). The van der Waals surface area contributed by atoms with Crippen molar-refractivity contribution in [2.24, 2.45) is 0 Å². The maximum Gasteiger partial charge on any atom is 0.123 e. The molecule has 0 saturated heterocycles. The summed E-state index contributed by atoms with van der Waals surface area (Å²) in [7, 11) is 0. The maximum atomic E-state index is 13.0. The van der Waals surface area contributed by atoms with Gasteiger partial charge in [0.05, 0.1) is 0 Å². The highest BCUT2D eigenvalue weighted by Crippen LogP contribution is 2.33. The summed E-state index contributed by atoms with van der Waals surface area (Å²) in [6.07, 6.45) is 1.12. The Balaban J connectivity index is 2.17. The molecule has 0 aliphatic carbocycles. The molecule has 0 aromatic heterocycles. The van der Waals surface area contributed by atoms with E-state index in [1.807, 2.05) is 18.2 Å². The zero-order valence-corrected chi connectivity index (χ0v) is 12.7. The Morgan fingerprint density at radius 2 is 1.80 bits per heavy atom. The average Bonchev–Trinajstić information content (AvgIpc) is 2.48. The number of rotatable bonds is 6. The van der Waals surface area contributed by atoms with E-state index < -0.39 is 0 Å². The summed E-state index contributed by atoms with van der Waals surface area (Å²) < 4.78 is 13.0. The molecule has 0 spiro atoms. The first-order chi connectivity index (χ1) is 9.70. The number of halogens is 1. The molecule has 0 aliphatic heterocycles. The van der Waals surface area contributed by atoms with Crippen molar-refractivity contribution < 1.29 is 4.39 Å². The molecule has 2 aromatic rings. The lowest BCUT2D eigenvalue weighted by atomic mass is 10.1. The van der Waals surface area contributed by atoms with Crippen LogP contribution in [0.25, 0.3) is 0 Å². The quantitative estimate of drug-likeness (QED) is 0.799. The van der Waals surface area contributed by atoms with Gasteiger partial charge in [-0.1, -0.05) is 36.9 Å². The molecule has 0 radical (unpaired) electrons. The summed E-state index contributed by atoms with van der Waals surface area (Å²) >= 11 is 1.68. The van der Waals surface area contributed by atoms with E-state index in [1.54, 1.807) is 11.8 Å². The highest BCUT2D eigenvalue weighted by molar-refractivity contribution is 7.99. The van der Waals surface area contributed by atoms with Crippen molar-refractivity contribution in [1.82, 2.24) is 5.32 Å². The molecule has 3 heteroatoms. The van der Waals surface area contributed by atoms with Crippen LogP contribution in [0.5, 0.6) is 0 Å². The van der Waals surface area contributed by atoms with Gasteiger partial charge in [-0.25, -0.2) is 4.39 Å². The van der Waals surface area contributed by atoms with E-state index in [1.165, 1.54) is 22.6 Å². The Morgan fingerprint density at radius 1 is 1.10 bits per heavy atom. The van der Waals surface area contributed by atoms with Gasteiger partial charge in [0, 0.05) is 15.8 Å². The summed E-state index contributed by atoms with van der Waals surface area (Å²) in [5, 5.41) is 3.51. The third kappa shape index (κ3) is 4.09. The van der Waals surface area contributed by atoms with Crippen molar-refractivity contribution >= 4 is 11.8 Å². The molecule has 1 atom stereocenters. The smallest absolute Gasteiger partial charge is 0.123 e. The van der Waals surface area contributed by atoms with Crippen molar-refractivity contribution in [3.8, 4) is 0 Å². The van der Waals surface area contributed by atoms with Crippen LogP contribution >= 0.6 is 11.8 Å². The summed E-state index contributed by atoms with van der Waals surface area (Å²) in [5.41, 5.74) is 1.29. The van der Waals surface area contributed by atoms with Crippen LogP contribution in [0, 0.1) is 5.82 Å². The minimum atomic E-state index is -0.194. The third-order valence-corrected chi connectivity index (χ3v) is 4.23. The molecule has 0 aliphatic rings. The van der Waals surface area contributed by atoms with Crippen molar-refractivity contribution in [2.75, 3.05) is 6.54 Å². The lowest BCUT2D eigenvalue weighted by molar-refractivity contribution is 0.564. The SMILES string of the molecule is CCCNC(C)c1ccccc1Sc1ccc(F)cc1. The Hall–Kier alpha value is -1.32. The van der Waals surface area contributed by atoms with Crippen LogP contribution in [-0.4, -0.2) is 6.54 Å². The molecular weight excluding hydrogens is 269 g/mol. The lowest BCUT2D eigenvalue weighted by Crippen LogP contribution is -2.19. The van der Waals surface area contributed by atoms with Gasteiger partial charge >= 0.3 is 0 Å². The van der Waals surface area contributed by atoms with Crippen molar-refractivity contribution in [2.45, 2.75) is 36.1 Å². The highest BCUT2D eigenvalue weighted by Gasteiger charge is 2.10. The molecule has 20 heavy (non-hydrogen) atoms. The number of hydrogen-bond donors (Lipinski definition) is 1. The third-order valence-electron chi connectivity index (χ3n) is 3.13. The summed E-state index contributed by atoms with van der Waals surface area (Å²) in [4.78, 5) is 2.27. The molecule has 106 valence electrons. The zero-order valence-electron chi connectivity index (χ0n) is 11.9. The maximum absolute atomic E-state index is 13.0. The Bertz CT molecular complexity index is 539. The standard InChI is InChI=1S/C17H20FNS/c1-3-12-19-13(2)16-6-4-5-7-17(16)20-15-10-8-14(18)9-11-15/h4-11,13,19H,3,12H2,1-2H3. The summed E-state index contributed by atoms with van der Waals surface area (Å²) in [6, 6.07) is 15.3. The van der Waals surface area contributed by atoms with Gasteiger partial charge in [0.15, 0.2) is 0 Å². The molecule has 1 nitrogen and oxygen atoms in total. The van der Waals surface area contributed by atoms with Crippen molar-refractivity contribution in [3.63, 3.8) is 0 Å². The lowest BCUT2D eigenvalue weighted by Gasteiger charge is -2.17. The highest BCUT2D eigenvalue weighted by atomic mass is 32.2.